The number of hydrogen-bond donors (Lipinski definition) is 1. The van der Waals surface area contributed by atoms with Crippen molar-refractivity contribution in [2.45, 2.75) is 64.7 Å². The molecular weight excluding hydrogens is 224 g/mol. The van der Waals surface area contributed by atoms with E-state index in [-0.39, 0.29) is 5.91 Å². The van der Waals surface area contributed by atoms with Gasteiger partial charge in [0, 0.05) is 13.0 Å². The fraction of sp³-hybridized carbons (Fsp3) is 0.933. The summed E-state index contributed by atoms with van der Waals surface area (Å²) in [6.07, 6.45) is 10.5. The van der Waals surface area contributed by atoms with Crippen molar-refractivity contribution in [1.82, 2.24) is 10.2 Å². The van der Waals surface area contributed by atoms with Crippen LogP contribution < -0.4 is 5.32 Å². The predicted molar refractivity (Wildman–Crippen MR) is 78.8 cm³/mol. The summed E-state index contributed by atoms with van der Waals surface area (Å²) in [4.78, 5) is 13.7. The molecule has 0 radical (unpaired) electrons. The second-order valence-corrected chi connectivity index (χ2v) is 5.38. The molecule has 0 spiro atoms. The SMILES string of the molecule is CCCCCCCCNC(=O)CCCCN(C)C. The Morgan fingerprint density at radius 2 is 1.61 bits per heavy atom. The van der Waals surface area contributed by atoms with Crippen molar-refractivity contribution >= 4 is 5.91 Å². The Balaban J connectivity index is 3.17. The average Bonchev–Trinajstić information content (AvgIpc) is 2.33. The van der Waals surface area contributed by atoms with E-state index in [4.69, 9.17) is 0 Å². The van der Waals surface area contributed by atoms with Gasteiger partial charge in [-0.15, -0.1) is 0 Å². The third kappa shape index (κ3) is 13.5. The monoisotopic (exact) mass is 256 g/mol. The molecule has 0 fully saturated rings. The van der Waals surface area contributed by atoms with Crippen LogP contribution >= 0.6 is 0 Å². The highest BCUT2D eigenvalue weighted by Crippen LogP contribution is 2.04. The van der Waals surface area contributed by atoms with Gasteiger partial charge in [-0.3, -0.25) is 4.79 Å². The van der Waals surface area contributed by atoms with Gasteiger partial charge in [0.05, 0.1) is 0 Å². The first-order valence-corrected chi connectivity index (χ1v) is 7.58. The average molecular weight is 256 g/mol. The van der Waals surface area contributed by atoms with Crippen LogP contribution in [0.2, 0.25) is 0 Å². The number of rotatable bonds is 12. The number of hydrogen-bond acceptors (Lipinski definition) is 2. The minimum absolute atomic E-state index is 0.224. The summed E-state index contributed by atoms with van der Waals surface area (Å²) in [7, 11) is 4.14. The van der Waals surface area contributed by atoms with Crippen LogP contribution in [-0.2, 0) is 4.79 Å². The first-order chi connectivity index (χ1) is 8.66. The van der Waals surface area contributed by atoms with Gasteiger partial charge in [0.15, 0.2) is 0 Å². The largest absolute Gasteiger partial charge is 0.356 e. The first-order valence-electron chi connectivity index (χ1n) is 7.58. The second-order valence-electron chi connectivity index (χ2n) is 5.38. The van der Waals surface area contributed by atoms with E-state index in [1.807, 2.05) is 0 Å². The summed E-state index contributed by atoms with van der Waals surface area (Å²) in [6, 6.07) is 0. The van der Waals surface area contributed by atoms with Crippen LogP contribution in [0, 0.1) is 0 Å². The van der Waals surface area contributed by atoms with E-state index in [9.17, 15) is 4.79 Å². The molecule has 1 N–H and O–H groups in total. The van der Waals surface area contributed by atoms with Crippen molar-refractivity contribution in [2.24, 2.45) is 0 Å². The minimum atomic E-state index is 0.224. The van der Waals surface area contributed by atoms with E-state index in [0.717, 1.165) is 32.4 Å². The summed E-state index contributed by atoms with van der Waals surface area (Å²) >= 11 is 0. The summed E-state index contributed by atoms with van der Waals surface area (Å²) < 4.78 is 0. The maximum atomic E-state index is 11.5. The van der Waals surface area contributed by atoms with Crippen LogP contribution in [0.15, 0.2) is 0 Å². The molecule has 0 saturated carbocycles. The lowest BCUT2D eigenvalue weighted by Crippen LogP contribution is -2.24. The number of amides is 1. The zero-order chi connectivity index (χ0) is 13.6. The number of carbonyl (C=O) groups is 1. The normalized spacial score (nSPS) is 10.9. The zero-order valence-electron chi connectivity index (χ0n) is 12.6. The van der Waals surface area contributed by atoms with Gasteiger partial charge in [-0.25, -0.2) is 0 Å². The number of unbranched alkanes of at least 4 members (excludes halogenated alkanes) is 6. The highest BCUT2D eigenvalue weighted by atomic mass is 16.1. The van der Waals surface area contributed by atoms with Gasteiger partial charge in [0.1, 0.15) is 0 Å². The van der Waals surface area contributed by atoms with E-state index >= 15 is 0 Å². The zero-order valence-corrected chi connectivity index (χ0v) is 12.6. The van der Waals surface area contributed by atoms with E-state index in [2.05, 4.69) is 31.2 Å². The van der Waals surface area contributed by atoms with Crippen molar-refractivity contribution in [1.29, 1.82) is 0 Å². The smallest absolute Gasteiger partial charge is 0.219 e. The predicted octanol–water partition coefficient (Wildman–Crippen LogP) is 3.20. The molecule has 0 unspecified atom stereocenters. The molecule has 0 saturated heterocycles. The molecule has 3 nitrogen and oxygen atoms in total. The molecule has 1 amide bonds. The maximum Gasteiger partial charge on any atom is 0.219 e. The van der Waals surface area contributed by atoms with Crippen LogP contribution in [0.1, 0.15) is 64.7 Å². The molecule has 0 rings (SSSR count). The Bertz CT molecular complexity index is 193. The van der Waals surface area contributed by atoms with Crippen molar-refractivity contribution in [3.8, 4) is 0 Å². The molecule has 0 aromatic carbocycles. The fourth-order valence-electron chi connectivity index (χ4n) is 1.94. The van der Waals surface area contributed by atoms with Crippen molar-refractivity contribution in [2.75, 3.05) is 27.2 Å². The third-order valence-electron chi connectivity index (χ3n) is 3.11. The Labute approximate surface area is 113 Å². The Morgan fingerprint density at radius 3 is 2.28 bits per heavy atom. The van der Waals surface area contributed by atoms with Crippen LogP contribution in [0.25, 0.3) is 0 Å². The molecule has 0 aliphatic rings. The molecular formula is C15H32N2O. The maximum absolute atomic E-state index is 11.5. The molecule has 0 aromatic rings. The first kappa shape index (κ1) is 17.4. The Hall–Kier alpha value is -0.570. The lowest BCUT2D eigenvalue weighted by atomic mass is 10.1. The van der Waals surface area contributed by atoms with E-state index < -0.39 is 0 Å². The summed E-state index contributed by atoms with van der Waals surface area (Å²) in [5.41, 5.74) is 0. The molecule has 0 atom stereocenters. The molecule has 0 heterocycles. The van der Waals surface area contributed by atoms with E-state index in [1.54, 1.807) is 0 Å². The van der Waals surface area contributed by atoms with Crippen LogP contribution in [0.4, 0.5) is 0 Å². The van der Waals surface area contributed by atoms with Gasteiger partial charge < -0.3 is 10.2 Å². The van der Waals surface area contributed by atoms with Crippen molar-refractivity contribution in [3.63, 3.8) is 0 Å². The van der Waals surface area contributed by atoms with Crippen molar-refractivity contribution in [3.05, 3.63) is 0 Å². The summed E-state index contributed by atoms with van der Waals surface area (Å²) in [5, 5.41) is 3.01. The highest BCUT2D eigenvalue weighted by molar-refractivity contribution is 5.75. The molecule has 3 heteroatoms. The fourth-order valence-corrected chi connectivity index (χ4v) is 1.94. The molecule has 0 bridgehead atoms. The highest BCUT2D eigenvalue weighted by Gasteiger charge is 2.00. The number of nitrogens with zero attached hydrogens (tertiary/aromatic N) is 1. The molecule has 0 aliphatic carbocycles. The lowest BCUT2D eigenvalue weighted by Gasteiger charge is -2.09. The van der Waals surface area contributed by atoms with Gasteiger partial charge >= 0.3 is 0 Å². The number of carbonyl (C=O) groups excluding carboxylic acids is 1. The number of nitrogens with one attached hydrogen (secondary N) is 1. The van der Waals surface area contributed by atoms with Gasteiger partial charge in [0.2, 0.25) is 5.91 Å². The van der Waals surface area contributed by atoms with Crippen LogP contribution in [0.3, 0.4) is 0 Å². The minimum Gasteiger partial charge on any atom is -0.356 e. The quantitative estimate of drug-likeness (QED) is 0.544. The van der Waals surface area contributed by atoms with Gasteiger partial charge in [0.25, 0.3) is 0 Å². The molecule has 0 aliphatic heterocycles. The summed E-state index contributed by atoms with van der Waals surface area (Å²) in [5.74, 6) is 0.224. The topological polar surface area (TPSA) is 32.3 Å². The van der Waals surface area contributed by atoms with Gasteiger partial charge in [-0.05, 0) is 39.9 Å². The van der Waals surface area contributed by atoms with Crippen LogP contribution in [0.5, 0.6) is 0 Å². The van der Waals surface area contributed by atoms with Crippen molar-refractivity contribution < 1.29 is 4.79 Å². The van der Waals surface area contributed by atoms with Crippen LogP contribution in [-0.4, -0.2) is 38.0 Å². The Kier molecular flexibility index (Phi) is 12.5. The molecule has 0 aromatic heterocycles. The lowest BCUT2D eigenvalue weighted by molar-refractivity contribution is -0.121. The summed E-state index contributed by atoms with van der Waals surface area (Å²) in [6.45, 7) is 4.17. The Morgan fingerprint density at radius 1 is 0.944 bits per heavy atom. The standard InChI is InChI=1S/C15H32N2O/c1-4-5-6-7-8-10-13-16-15(18)12-9-11-14-17(2)3/h4-14H2,1-3H3,(H,16,18). The third-order valence-corrected chi connectivity index (χ3v) is 3.11. The van der Waals surface area contributed by atoms with Gasteiger partial charge in [-0.1, -0.05) is 39.0 Å². The molecule has 108 valence electrons. The van der Waals surface area contributed by atoms with E-state index in [0.29, 0.717) is 6.42 Å². The van der Waals surface area contributed by atoms with E-state index in [1.165, 1.54) is 32.1 Å². The second kappa shape index (κ2) is 12.9. The molecule has 18 heavy (non-hydrogen) atoms. The van der Waals surface area contributed by atoms with Gasteiger partial charge in [-0.2, -0.15) is 0 Å².